The second-order valence-electron chi connectivity index (χ2n) is 6.24. The molecule has 2 aliphatic heterocycles. The van der Waals surface area contributed by atoms with E-state index in [1.807, 2.05) is 36.7 Å². The lowest BCUT2D eigenvalue weighted by Crippen LogP contribution is -2.30. The Morgan fingerprint density at radius 3 is 2.96 bits per heavy atom. The van der Waals surface area contributed by atoms with E-state index < -0.39 is 0 Å². The maximum atomic E-state index is 12.1. The molecule has 2 aromatic rings. The van der Waals surface area contributed by atoms with E-state index in [0.29, 0.717) is 18.8 Å². The lowest BCUT2D eigenvalue weighted by atomic mass is 10.1. The van der Waals surface area contributed by atoms with Gasteiger partial charge in [0.1, 0.15) is 6.10 Å². The lowest BCUT2D eigenvalue weighted by Gasteiger charge is -2.24. The van der Waals surface area contributed by atoms with E-state index in [2.05, 4.69) is 10.4 Å². The van der Waals surface area contributed by atoms with Gasteiger partial charge in [0.05, 0.1) is 18.8 Å². The molecule has 1 aromatic heterocycles. The van der Waals surface area contributed by atoms with Crippen LogP contribution < -0.4 is 14.8 Å². The van der Waals surface area contributed by atoms with Gasteiger partial charge >= 0.3 is 0 Å². The van der Waals surface area contributed by atoms with Crippen LogP contribution in [0, 0.1) is 0 Å². The molecule has 0 aliphatic carbocycles. The first-order valence-corrected chi connectivity index (χ1v) is 7.99. The van der Waals surface area contributed by atoms with Crippen LogP contribution in [0.4, 0.5) is 0 Å². The minimum atomic E-state index is -0.161. The van der Waals surface area contributed by atoms with Gasteiger partial charge < -0.3 is 19.5 Å². The highest BCUT2D eigenvalue weighted by Gasteiger charge is 2.25. The van der Waals surface area contributed by atoms with Gasteiger partial charge in [-0.25, -0.2) is 0 Å². The molecular weight excluding hydrogens is 310 g/mol. The first kappa shape index (κ1) is 15.0. The Labute approximate surface area is 139 Å². The Morgan fingerprint density at radius 1 is 1.29 bits per heavy atom. The SMILES string of the molecule is CC(C)NC(=O)c1cc2n(n1)CC(c1ccc3c(c1)OCO3)OC2. The maximum Gasteiger partial charge on any atom is 0.271 e. The number of fused-ring (bicyclic) bond motifs is 2. The molecule has 1 aromatic carbocycles. The zero-order valence-corrected chi connectivity index (χ0v) is 13.6. The number of hydrogen-bond donors (Lipinski definition) is 1. The van der Waals surface area contributed by atoms with E-state index in [1.54, 1.807) is 6.07 Å². The highest BCUT2D eigenvalue weighted by molar-refractivity contribution is 5.92. The molecule has 1 atom stereocenters. The second kappa shape index (κ2) is 5.83. The number of benzene rings is 1. The van der Waals surface area contributed by atoms with Gasteiger partial charge in [-0.2, -0.15) is 5.10 Å². The molecule has 126 valence electrons. The van der Waals surface area contributed by atoms with Crippen molar-refractivity contribution >= 4 is 5.91 Å². The summed E-state index contributed by atoms with van der Waals surface area (Å²) in [5, 5.41) is 7.27. The Balaban J connectivity index is 1.53. The van der Waals surface area contributed by atoms with Crippen LogP contribution in [0.15, 0.2) is 24.3 Å². The summed E-state index contributed by atoms with van der Waals surface area (Å²) in [5.74, 6) is 1.33. The van der Waals surface area contributed by atoms with Crippen molar-refractivity contribution in [2.24, 2.45) is 0 Å². The lowest BCUT2D eigenvalue weighted by molar-refractivity contribution is -0.00128. The molecule has 24 heavy (non-hydrogen) atoms. The van der Waals surface area contributed by atoms with Crippen molar-refractivity contribution in [1.82, 2.24) is 15.1 Å². The molecule has 0 saturated carbocycles. The zero-order valence-electron chi connectivity index (χ0n) is 13.6. The molecule has 0 bridgehead atoms. The fourth-order valence-electron chi connectivity index (χ4n) is 2.89. The van der Waals surface area contributed by atoms with Crippen molar-refractivity contribution < 1.29 is 19.0 Å². The van der Waals surface area contributed by atoms with Crippen molar-refractivity contribution in [2.75, 3.05) is 6.79 Å². The minimum Gasteiger partial charge on any atom is -0.454 e. The molecule has 7 nitrogen and oxygen atoms in total. The van der Waals surface area contributed by atoms with Crippen LogP contribution in [-0.4, -0.2) is 28.5 Å². The third-order valence-corrected chi connectivity index (χ3v) is 4.06. The van der Waals surface area contributed by atoms with Gasteiger partial charge in [0.15, 0.2) is 17.2 Å². The predicted octanol–water partition coefficient (Wildman–Crippen LogP) is 2.02. The van der Waals surface area contributed by atoms with Gasteiger partial charge in [0, 0.05) is 6.04 Å². The van der Waals surface area contributed by atoms with Crippen LogP contribution in [0.2, 0.25) is 0 Å². The summed E-state index contributed by atoms with van der Waals surface area (Å²) in [6.45, 7) is 5.08. The average Bonchev–Trinajstić information content (AvgIpc) is 3.19. The summed E-state index contributed by atoms with van der Waals surface area (Å²) in [4.78, 5) is 12.1. The zero-order chi connectivity index (χ0) is 16.7. The van der Waals surface area contributed by atoms with Gasteiger partial charge in [-0.15, -0.1) is 0 Å². The summed E-state index contributed by atoms with van der Waals surface area (Å²) in [6, 6.07) is 7.66. The van der Waals surface area contributed by atoms with E-state index in [4.69, 9.17) is 14.2 Å². The Hall–Kier alpha value is -2.54. The number of carbonyl (C=O) groups is 1. The topological polar surface area (TPSA) is 74.6 Å². The van der Waals surface area contributed by atoms with E-state index in [9.17, 15) is 4.79 Å². The molecule has 1 unspecified atom stereocenters. The number of aromatic nitrogens is 2. The highest BCUT2D eigenvalue weighted by atomic mass is 16.7. The summed E-state index contributed by atoms with van der Waals surface area (Å²) in [6.07, 6.45) is -0.132. The molecule has 4 rings (SSSR count). The Kier molecular flexibility index (Phi) is 3.65. The molecule has 1 N–H and O–H groups in total. The van der Waals surface area contributed by atoms with Gasteiger partial charge in [-0.1, -0.05) is 6.07 Å². The van der Waals surface area contributed by atoms with Crippen LogP contribution >= 0.6 is 0 Å². The highest BCUT2D eigenvalue weighted by Crippen LogP contribution is 2.36. The van der Waals surface area contributed by atoms with Crippen molar-refractivity contribution in [3.05, 3.63) is 41.2 Å². The normalized spacial score (nSPS) is 18.5. The molecule has 7 heteroatoms. The van der Waals surface area contributed by atoms with Gasteiger partial charge in [0.25, 0.3) is 5.91 Å². The number of amides is 1. The molecule has 0 fully saturated rings. The number of rotatable bonds is 3. The summed E-state index contributed by atoms with van der Waals surface area (Å²) >= 11 is 0. The third-order valence-electron chi connectivity index (χ3n) is 4.06. The average molecular weight is 329 g/mol. The molecule has 0 radical (unpaired) electrons. The van der Waals surface area contributed by atoms with Crippen LogP contribution in [0.3, 0.4) is 0 Å². The van der Waals surface area contributed by atoms with Crippen molar-refractivity contribution in [1.29, 1.82) is 0 Å². The standard InChI is InChI=1S/C17H19N3O4/c1-10(2)18-17(21)13-6-12-8-22-16(7-20(12)19-13)11-3-4-14-15(5-11)24-9-23-14/h3-6,10,16H,7-9H2,1-2H3,(H,18,21). The van der Waals surface area contributed by atoms with Crippen molar-refractivity contribution in [3.63, 3.8) is 0 Å². The summed E-state index contributed by atoms with van der Waals surface area (Å²) in [5.41, 5.74) is 2.34. The molecular formula is C17H19N3O4. The van der Waals surface area contributed by atoms with E-state index >= 15 is 0 Å². The largest absolute Gasteiger partial charge is 0.454 e. The maximum absolute atomic E-state index is 12.1. The monoisotopic (exact) mass is 329 g/mol. The van der Waals surface area contributed by atoms with Gasteiger partial charge in [0.2, 0.25) is 6.79 Å². The summed E-state index contributed by atoms with van der Waals surface area (Å²) in [7, 11) is 0. The first-order valence-electron chi connectivity index (χ1n) is 7.99. The molecule has 0 saturated heterocycles. The third kappa shape index (κ3) is 2.71. The minimum absolute atomic E-state index is 0.0776. The van der Waals surface area contributed by atoms with Gasteiger partial charge in [-0.05, 0) is 37.6 Å². The molecule has 1 amide bonds. The number of nitrogens with one attached hydrogen (secondary N) is 1. The second-order valence-corrected chi connectivity index (χ2v) is 6.24. The smallest absolute Gasteiger partial charge is 0.271 e. The van der Waals surface area contributed by atoms with E-state index in [-0.39, 0.29) is 24.8 Å². The fourth-order valence-corrected chi connectivity index (χ4v) is 2.89. The molecule has 2 aliphatic rings. The van der Waals surface area contributed by atoms with Crippen LogP contribution in [0.25, 0.3) is 0 Å². The van der Waals surface area contributed by atoms with E-state index in [1.165, 1.54) is 0 Å². The fraction of sp³-hybridized carbons (Fsp3) is 0.412. The number of ether oxygens (including phenoxy) is 3. The first-order chi connectivity index (χ1) is 11.6. The summed E-state index contributed by atoms with van der Waals surface area (Å²) < 4.78 is 18.5. The Morgan fingerprint density at radius 2 is 2.12 bits per heavy atom. The van der Waals surface area contributed by atoms with E-state index in [0.717, 1.165) is 22.8 Å². The number of nitrogens with zero attached hydrogens (tertiary/aromatic N) is 2. The van der Waals surface area contributed by atoms with Crippen molar-refractivity contribution in [2.45, 2.75) is 39.1 Å². The number of carbonyl (C=O) groups excluding carboxylic acids is 1. The molecule has 3 heterocycles. The van der Waals surface area contributed by atoms with Gasteiger partial charge in [-0.3, -0.25) is 9.48 Å². The van der Waals surface area contributed by atoms with Crippen molar-refractivity contribution in [3.8, 4) is 11.5 Å². The predicted molar refractivity (Wildman–Crippen MR) is 84.9 cm³/mol. The van der Waals surface area contributed by atoms with Crippen LogP contribution in [0.1, 0.15) is 41.7 Å². The van der Waals surface area contributed by atoms with Crippen LogP contribution in [0.5, 0.6) is 11.5 Å². The number of hydrogen-bond acceptors (Lipinski definition) is 5. The van der Waals surface area contributed by atoms with Crippen LogP contribution in [-0.2, 0) is 17.9 Å². The Bertz CT molecular complexity index is 784. The molecule has 0 spiro atoms. The quantitative estimate of drug-likeness (QED) is 0.932.